The quantitative estimate of drug-likeness (QED) is 0.752. The van der Waals surface area contributed by atoms with Gasteiger partial charge in [-0.05, 0) is 19.3 Å². The largest absolute Gasteiger partial charge is 0.247 e. The molecule has 1 rings (SSSR count). The number of aromatic nitrogens is 1. The van der Waals surface area contributed by atoms with Crippen molar-refractivity contribution in [2.24, 2.45) is 5.92 Å². The summed E-state index contributed by atoms with van der Waals surface area (Å²) in [5, 5.41) is 3.40. The Morgan fingerprint density at radius 1 is 1.54 bits per heavy atom. The molecule has 3 heteroatoms. The van der Waals surface area contributed by atoms with Gasteiger partial charge in [0.15, 0.2) is 0 Å². The van der Waals surface area contributed by atoms with Crippen molar-refractivity contribution in [1.82, 2.24) is 4.98 Å². The number of rotatable bonds is 4. The third kappa shape index (κ3) is 4.23. The number of nitrogens with zero attached hydrogens (tertiary/aromatic N) is 1. The minimum Gasteiger partial charge on any atom is -0.247 e. The van der Waals surface area contributed by atoms with Crippen LogP contribution in [-0.2, 0) is 6.42 Å². The molecule has 0 saturated heterocycles. The maximum Gasteiger partial charge on any atom is 0.0930 e. The predicted molar refractivity (Wildman–Crippen MR) is 62.7 cm³/mol. The van der Waals surface area contributed by atoms with E-state index in [2.05, 4.69) is 47.1 Å². The minimum atomic E-state index is 0.614. The molecule has 0 bridgehead atoms. The van der Waals surface area contributed by atoms with Crippen LogP contribution in [0.2, 0.25) is 0 Å². The molecule has 1 nitrogen and oxygen atoms in total. The van der Waals surface area contributed by atoms with E-state index in [-0.39, 0.29) is 0 Å². The van der Waals surface area contributed by atoms with Crippen LogP contribution in [0.5, 0.6) is 0 Å². The zero-order valence-electron chi connectivity index (χ0n) is 8.38. The van der Waals surface area contributed by atoms with Gasteiger partial charge in [0.2, 0.25) is 0 Å². The molecule has 0 fully saturated rings. The maximum absolute atomic E-state index is 4.46. The van der Waals surface area contributed by atoms with E-state index in [0.29, 0.717) is 4.83 Å². The smallest absolute Gasteiger partial charge is 0.0930 e. The van der Waals surface area contributed by atoms with Crippen molar-refractivity contribution >= 4 is 27.3 Å². The highest BCUT2D eigenvalue weighted by Gasteiger charge is 2.08. The molecule has 74 valence electrons. The fraction of sp³-hybridized carbons (Fsp3) is 0.700. The molecule has 13 heavy (non-hydrogen) atoms. The lowest BCUT2D eigenvalue weighted by molar-refractivity contribution is 0.531. The van der Waals surface area contributed by atoms with Crippen LogP contribution in [0, 0.1) is 12.8 Å². The third-order valence-electron chi connectivity index (χ3n) is 1.92. The topological polar surface area (TPSA) is 12.9 Å². The molecule has 0 amide bonds. The minimum absolute atomic E-state index is 0.614. The fourth-order valence-electron chi connectivity index (χ4n) is 1.43. The second kappa shape index (κ2) is 5.11. The Balaban J connectivity index is 2.40. The number of halogens is 1. The molecule has 0 aliphatic rings. The molecule has 1 heterocycles. The van der Waals surface area contributed by atoms with Crippen molar-refractivity contribution in [3.63, 3.8) is 0 Å². The number of alkyl halides is 1. The van der Waals surface area contributed by atoms with E-state index in [1.54, 1.807) is 11.3 Å². The van der Waals surface area contributed by atoms with Crippen molar-refractivity contribution in [3.05, 3.63) is 16.1 Å². The first kappa shape index (κ1) is 11.2. The monoisotopic (exact) mass is 261 g/mol. The highest BCUT2D eigenvalue weighted by Crippen LogP contribution is 2.19. The van der Waals surface area contributed by atoms with Crippen LogP contribution in [0.15, 0.2) is 5.38 Å². The lowest BCUT2D eigenvalue weighted by Crippen LogP contribution is -2.04. The average Bonchev–Trinajstić information content (AvgIpc) is 2.33. The van der Waals surface area contributed by atoms with E-state index in [1.165, 1.54) is 11.4 Å². The van der Waals surface area contributed by atoms with E-state index in [0.717, 1.165) is 18.0 Å². The number of aryl methyl sites for hydroxylation is 1. The standard InChI is InChI=1S/C10H16BrNS/c1-7(4-8(2)11)5-10-12-9(3)6-13-10/h6-8H,4-5H2,1-3H3. The van der Waals surface area contributed by atoms with Crippen LogP contribution >= 0.6 is 27.3 Å². The number of hydrogen-bond acceptors (Lipinski definition) is 2. The Morgan fingerprint density at radius 2 is 2.23 bits per heavy atom. The molecule has 0 aliphatic carbocycles. The van der Waals surface area contributed by atoms with Gasteiger partial charge in [0, 0.05) is 22.3 Å². The summed E-state index contributed by atoms with van der Waals surface area (Å²) in [6.07, 6.45) is 2.34. The van der Waals surface area contributed by atoms with Crippen LogP contribution in [0.1, 0.15) is 31.0 Å². The van der Waals surface area contributed by atoms with E-state index in [4.69, 9.17) is 0 Å². The predicted octanol–water partition coefficient (Wildman–Crippen LogP) is 3.80. The van der Waals surface area contributed by atoms with Crippen molar-refractivity contribution < 1.29 is 0 Å². The Hall–Kier alpha value is 0.110. The summed E-state index contributed by atoms with van der Waals surface area (Å²) < 4.78 is 0. The van der Waals surface area contributed by atoms with Crippen LogP contribution in [0.3, 0.4) is 0 Å². The van der Waals surface area contributed by atoms with Gasteiger partial charge in [-0.2, -0.15) is 0 Å². The van der Waals surface area contributed by atoms with Gasteiger partial charge in [0.25, 0.3) is 0 Å². The molecule has 0 N–H and O–H groups in total. The van der Waals surface area contributed by atoms with Crippen LogP contribution < -0.4 is 0 Å². The molecule has 2 atom stereocenters. The van der Waals surface area contributed by atoms with Gasteiger partial charge in [-0.25, -0.2) is 4.98 Å². The molecule has 0 spiro atoms. The van der Waals surface area contributed by atoms with Gasteiger partial charge >= 0.3 is 0 Å². The summed E-state index contributed by atoms with van der Waals surface area (Å²) in [6.45, 7) is 6.54. The van der Waals surface area contributed by atoms with Gasteiger partial charge < -0.3 is 0 Å². The van der Waals surface area contributed by atoms with Crippen molar-refractivity contribution in [3.8, 4) is 0 Å². The second-order valence-corrected chi connectivity index (χ2v) is 6.21. The molecule has 1 aromatic heterocycles. The number of hydrogen-bond donors (Lipinski definition) is 0. The first-order chi connectivity index (χ1) is 6.08. The summed E-state index contributed by atoms with van der Waals surface area (Å²) in [4.78, 5) is 5.08. The second-order valence-electron chi connectivity index (χ2n) is 3.71. The lowest BCUT2D eigenvalue weighted by Gasteiger charge is -2.10. The van der Waals surface area contributed by atoms with Gasteiger partial charge in [-0.1, -0.05) is 29.8 Å². The molecule has 2 unspecified atom stereocenters. The van der Waals surface area contributed by atoms with Gasteiger partial charge in [-0.3, -0.25) is 0 Å². The maximum atomic E-state index is 4.46. The van der Waals surface area contributed by atoms with Crippen molar-refractivity contribution in [2.75, 3.05) is 0 Å². The zero-order valence-corrected chi connectivity index (χ0v) is 10.8. The van der Waals surface area contributed by atoms with E-state index >= 15 is 0 Å². The van der Waals surface area contributed by atoms with Gasteiger partial charge in [-0.15, -0.1) is 11.3 Å². The summed E-state index contributed by atoms with van der Waals surface area (Å²) in [6, 6.07) is 0. The van der Waals surface area contributed by atoms with Crippen LogP contribution in [0.25, 0.3) is 0 Å². The molecule has 0 radical (unpaired) electrons. The molecule has 0 aromatic carbocycles. The fourth-order valence-corrected chi connectivity index (χ4v) is 3.01. The SMILES string of the molecule is Cc1csc(CC(C)CC(C)Br)n1. The normalized spacial score (nSPS) is 15.7. The first-order valence-electron chi connectivity index (χ1n) is 4.63. The van der Waals surface area contributed by atoms with Crippen molar-refractivity contribution in [1.29, 1.82) is 0 Å². The Morgan fingerprint density at radius 3 is 2.69 bits per heavy atom. The van der Waals surface area contributed by atoms with Crippen LogP contribution in [-0.4, -0.2) is 9.81 Å². The molecule has 0 aliphatic heterocycles. The van der Waals surface area contributed by atoms with Gasteiger partial charge in [0.05, 0.1) is 5.01 Å². The van der Waals surface area contributed by atoms with Crippen molar-refractivity contribution in [2.45, 2.75) is 38.4 Å². The Kier molecular flexibility index (Phi) is 4.39. The highest BCUT2D eigenvalue weighted by molar-refractivity contribution is 9.09. The number of thiazole rings is 1. The molecule has 0 saturated carbocycles. The van der Waals surface area contributed by atoms with Gasteiger partial charge in [0.1, 0.15) is 0 Å². The highest BCUT2D eigenvalue weighted by atomic mass is 79.9. The lowest BCUT2D eigenvalue weighted by atomic mass is 10.0. The zero-order chi connectivity index (χ0) is 9.84. The molecular weight excluding hydrogens is 246 g/mol. The van der Waals surface area contributed by atoms with Crippen LogP contribution in [0.4, 0.5) is 0 Å². The summed E-state index contributed by atoms with van der Waals surface area (Å²) in [5.74, 6) is 0.722. The third-order valence-corrected chi connectivity index (χ3v) is 3.28. The van der Waals surface area contributed by atoms with E-state index in [9.17, 15) is 0 Å². The summed E-state index contributed by atoms with van der Waals surface area (Å²) in [7, 11) is 0. The Labute approximate surface area is 92.7 Å². The molecular formula is C10H16BrNS. The van der Waals surface area contributed by atoms with E-state index in [1.807, 2.05) is 0 Å². The summed E-state index contributed by atoms with van der Waals surface area (Å²) >= 11 is 5.36. The molecule has 1 aromatic rings. The average molecular weight is 262 g/mol. The van der Waals surface area contributed by atoms with E-state index < -0.39 is 0 Å². The summed E-state index contributed by atoms with van der Waals surface area (Å²) in [5.41, 5.74) is 1.15. The Bertz CT molecular complexity index is 257. The first-order valence-corrected chi connectivity index (χ1v) is 6.42.